The predicted molar refractivity (Wildman–Crippen MR) is 82.3 cm³/mol. The molecular weight excluding hydrogens is 300 g/mol. The molecule has 0 aliphatic carbocycles. The summed E-state index contributed by atoms with van der Waals surface area (Å²) in [5, 5.41) is 10.5. The van der Waals surface area contributed by atoms with Gasteiger partial charge in [0.1, 0.15) is 16.7 Å². The van der Waals surface area contributed by atoms with Gasteiger partial charge in [-0.15, -0.1) is 0 Å². The number of ether oxygens (including phenoxy) is 3. The molecule has 3 aromatic rings. The quantitative estimate of drug-likeness (QED) is 0.784. The summed E-state index contributed by atoms with van der Waals surface area (Å²) in [4.78, 5) is 12.5. The lowest BCUT2D eigenvalue weighted by Gasteiger charge is -2.09. The Labute approximate surface area is 130 Å². The summed E-state index contributed by atoms with van der Waals surface area (Å²) < 4.78 is 21.5. The van der Waals surface area contributed by atoms with Crippen molar-refractivity contribution >= 4 is 11.0 Å². The summed E-state index contributed by atoms with van der Waals surface area (Å²) in [7, 11) is 1.46. The van der Waals surface area contributed by atoms with E-state index in [0.717, 1.165) is 0 Å². The first-order valence-corrected chi connectivity index (χ1v) is 6.92. The minimum absolute atomic E-state index is 0.0778. The maximum absolute atomic E-state index is 12.5. The number of rotatable bonds is 2. The highest BCUT2D eigenvalue weighted by atomic mass is 16.7. The molecule has 0 spiro atoms. The molecule has 2 aromatic carbocycles. The van der Waals surface area contributed by atoms with Gasteiger partial charge in [0.2, 0.25) is 18.0 Å². The van der Waals surface area contributed by atoms with Crippen molar-refractivity contribution in [3.8, 4) is 34.3 Å². The first-order valence-electron chi connectivity index (χ1n) is 6.92. The molecule has 0 atom stereocenters. The van der Waals surface area contributed by atoms with Crippen LogP contribution in [0.5, 0.6) is 23.0 Å². The van der Waals surface area contributed by atoms with Gasteiger partial charge in [0.15, 0.2) is 17.3 Å². The Balaban J connectivity index is 1.98. The third kappa shape index (κ3) is 1.99. The van der Waals surface area contributed by atoms with Crippen LogP contribution in [0.2, 0.25) is 0 Å². The summed E-state index contributed by atoms with van der Waals surface area (Å²) in [6.45, 7) is 0.142. The van der Waals surface area contributed by atoms with Gasteiger partial charge in [-0.05, 0) is 30.3 Å². The zero-order chi connectivity index (χ0) is 16.0. The van der Waals surface area contributed by atoms with E-state index in [1.54, 1.807) is 36.4 Å². The molecule has 23 heavy (non-hydrogen) atoms. The highest BCUT2D eigenvalue weighted by Crippen LogP contribution is 2.39. The van der Waals surface area contributed by atoms with Crippen LogP contribution in [0.25, 0.3) is 22.3 Å². The van der Waals surface area contributed by atoms with Gasteiger partial charge < -0.3 is 23.7 Å². The van der Waals surface area contributed by atoms with Crippen molar-refractivity contribution in [2.45, 2.75) is 0 Å². The van der Waals surface area contributed by atoms with Crippen LogP contribution in [0.4, 0.5) is 0 Å². The van der Waals surface area contributed by atoms with E-state index in [9.17, 15) is 9.90 Å². The van der Waals surface area contributed by atoms with E-state index >= 15 is 0 Å². The van der Waals surface area contributed by atoms with Gasteiger partial charge in [-0.1, -0.05) is 6.07 Å². The summed E-state index contributed by atoms with van der Waals surface area (Å²) in [5.74, 6) is 1.10. The highest BCUT2D eigenvalue weighted by molar-refractivity contribution is 5.87. The molecule has 1 aliphatic heterocycles. The van der Waals surface area contributed by atoms with Crippen LogP contribution in [-0.4, -0.2) is 19.0 Å². The molecule has 0 unspecified atom stereocenters. The molecule has 116 valence electrons. The maximum atomic E-state index is 12.5. The van der Waals surface area contributed by atoms with Crippen LogP contribution in [0.15, 0.2) is 45.6 Å². The van der Waals surface area contributed by atoms with Crippen LogP contribution in [0.3, 0.4) is 0 Å². The zero-order valence-corrected chi connectivity index (χ0v) is 12.2. The van der Waals surface area contributed by atoms with Gasteiger partial charge >= 0.3 is 0 Å². The molecule has 0 amide bonds. The highest BCUT2D eigenvalue weighted by Gasteiger charge is 2.20. The third-order valence-corrected chi connectivity index (χ3v) is 3.71. The van der Waals surface area contributed by atoms with Crippen molar-refractivity contribution < 1.29 is 23.7 Å². The standard InChI is InChI=1S/C17H12O6/c1-20-11-3-2-4-12-14(11)15(18)16(19)17(23-12)9-5-6-10-13(7-9)22-8-21-10/h2-7,19H,8H2,1H3. The smallest absolute Gasteiger partial charge is 0.238 e. The first kappa shape index (κ1) is 13.5. The maximum Gasteiger partial charge on any atom is 0.238 e. The normalized spacial score (nSPS) is 12.6. The van der Waals surface area contributed by atoms with Gasteiger partial charge in [-0.3, -0.25) is 4.79 Å². The van der Waals surface area contributed by atoms with Gasteiger partial charge in [0.25, 0.3) is 0 Å². The summed E-state index contributed by atoms with van der Waals surface area (Å²) in [6, 6.07) is 10.1. The number of methoxy groups -OCH3 is 1. The average molecular weight is 312 g/mol. The minimum Gasteiger partial charge on any atom is -0.502 e. The second-order valence-electron chi connectivity index (χ2n) is 5.01. The molecule has 1 N–H and O–H groups in total. The molecule has 6 heteroatoms. The van der Waals surface area contributed by atoms with Gasteiger partial charge in [0.05, 0.1) is 7.11 Å². The Kier molecular flexibility index (Phi) is 2.90. The van der Waals surface area contributed by atoms with Gasteiger partial charge in [-0.25, -0.2) is 0 Å². The molecule has 1 aliphatic rings. The van der Waals surface area contributed by atoms with E-state index in [2.05, 4.69) is 0 Å². The fourth-order valence-electron chi connectivity index (χ4n) is 2.60. The SMILES string of the molecule is COc1cccc2oc(-c3ccc4c(c3)OCO4)c(O)c(=O)c12. The van der Waals surface area contributed by atoms with Crippen LogP contribution >= 0.6 is 0 Å². The molecular formula is C17H12O6. The van der Waals surface area contributed by atoms with Gasteiger partial charge in [-0.2, -0.15) is 0 Å². The topological polar surface area (TPSA) is 78.1 Å². The third-order valence-electron chi connectivity index (χ3n) is 3.71. The molecule has 6 nitrogen and oxygen atoms in total. The van der Waals surface area contributed by atoms with E-state index in [1.165, 1.54) is 7.11 Å². The van der Waals surface area contributed by atoms with Crippen molar-refractivity contribution in [2.75, 3.05) is 13.9 Å². The van der Waals surface area contributed by atoms with E-state index < -0.39 is 11.2 Å². The second kappa shape index (κ2) is 4.95. The summed E-state index contributed by atoms with van der Waals surface area (Å²) in [6.07, 6.45) is 0. The monoisotopic (exact) mass is 312 g/mol. The fraction of sp³-hybridized carbons (Fsp3) is 0.118. The number of aromatic hydroxyl groups is 1. The average Bonchev–Trinajstić information content (AvgIpc) is 3.05. The Morgan fingerprint density at radius 1 is 1.13 bits per heavy atom. The van der Waals surface area contributed by atoms with E-state index in [0.29, 0.717) is 28.4 Å². The Hall–Kier alpha value is -3.15. The number of hydrogen-bond acceptors (Lipinski definition) is 6. The molecule has 0 saturated heterocycles. The lowest BCUT2D eigenvalue weighted by Crippen LogP contribution is -2.04. The number of hydrogen-bond donors (Lipinski definition) is 1. The van der Waals surface area contributed by atoms with Crippen molar-refractivity contribution in [3.05, 3.63) is 46.6 Å². The van der Waals surface area contributed by atoms with Crippen LogP contribution < -0.4 is 19.6 Å². The molecule has 0 radical (unpaired) electrons. The van der Waals surface area contributed by atoms with Gasteiger partial charge in [0, 0.05) is 5.56 Å². The van der Waals surface area contributed by atoms with Crippen LogP contribution in [0.1, 0.15) is 0 Å². The van der Waals surface area contributed by atoms with E-state index in [-0.39, 0.29) is 17.9 Å². The van der Waals surface area contributed by atoms with Crippen LogP contribution in [0, 0.1) is 0 Å². The Morgan fingerprint density at radius 3 is 2.78 bits per heavy atom. The molecule has 0 saturated carbocycles. The number of fused-ring (bicyclic) bond motifs is 2. The number of benzene rings is 2. The van der Waals surface area contributed by atoms with Crippen molar-refractivity contribution in [1.29, 1.82) is 0 Å². The lowest BCUT2D eigenvalue weighted by molar-refractivity contribution is 0.174. The molecule has 0 bridgehead atoms. The Bertz CT molecular complexity index is 973. The molecule has 4 rings (SSSR count). The largest absolute Gasteiger partial charge is 0.502 e. The lowest BCUT2D eigenvalue weighted by atomic mass is 10.1. The second-order valence-corrected chi connectivity index (χ2v) is 5.01. The zero-order valence-electron chi connectivity index (χ0n) is 12.2. The predicted octanol–water partition coefficient (Wildman–Crippen LogP) is 2.90. The Morgan fingerprint density at radius 2 is 1.96 bits per heavy atom. The van der Waals surface area contributed by atoms with Crippen LogP contribution in [-0.2, 0) is 0 Å². The summed E-state index contributed by atoms with van der Waals surface area (Å²) >= 11 is 0. The van der Waals surface area contributed by atoms with Crippen molar-refractivity contribution in [1.82, 2.24) is 0 Å². The van der Waals surface area contributed by atoms with E-state index in [1.807, 2.05) is 0 Å². The fourth-order valence-corrected chi connectivity index (χ4v) is 2.60. The minimum atomic E-state index is -0.545. The molecule has 2 heterocycles. The first-order chi connectivity index (χ1) is 11.2. The van der Waals surface area contributed by atoms with Crippen molar-refractivity contribution in [2.24, 2.45) is 0 Å². The van der Waals surface area contributed by atoms with E-state index in [4.69, 9.17) is 18.6 Å². The van der Waals surface area contributed by atoms with Crippen molar-refractivity contribution in [3.63, 3.8) is 0 Å². The molecule has 0 fully saturated rings. The molecule has 1 aromatic heterocycles. The summed E-state index contributed by atoms with van der Waals surface area (Å²) in [5.41, 5.74) is 0.310.